The molecule has 1 aliphatic rings. The van der Waals surface area contributed by atoms with Gasteiger partial charge in [-0.15, -0.1) is 0 Å². The van der Waals surface area contributed by atoms with E-state index in [4.69, 9.17) is 4.74 Å². The summed E-state index contributed by atoms with van der Waals surface area (Å²) in [5.74, 6) is 0. The van der Waals surface area contributed by atoms with Crippen molar-refractivity contribution in [3.8, 4) is 0 Å². The average Bonchev–Trinajstić information content (AvgIpc) is 3.03. The Morgan fingerprint density at radius 2 is 2.29 bits per heavy atom. The van der Waals surface area contributed by atoms with E-state index in [-0.39, 0.29) is 12.1 Å². The molecule has 1 atom stereocenters. The molecule has 2 heterocycles. The summed E-state index contributed by atoms with van der Waals surface area (Å²) in [6.45, 7) is 7.07. The summed E-state index contributed by atoms with van der Waals surface area (Å²) in [7, 11) is 1.89. The third-order valence-electron chi connectivity index (χ3n) is 3.71. The highest BCUT2D eigenvalue weighted by molar-refractivity contribution is 6.01. The van der Waals surface area contributed by atoms with E-state index < -0.39 is 0 Å². The summed E-state index contributed by atoms with van der Waals surface area (Å²) in [5.41, 5.74) is 6.15. The van der Waals surface area contributed by atoms with Gasteiger partial charge in [0.15, 0.2) is 0 Å². The molecule has 0 spiro atoms. The van der Waals surface area contributed by atoms with Crippen LogP contribution in [0.1, 0.15) is 36.7 Å². The molecule has 1 saturated heterocycles. The molecule has 116 valence electrons. The highest BCUT2D eigenvalue weighted by Gasteiger charge is 2.16. The standard InChI is InChI=1S/C14H23N5O2/c1-9(13-10(2)18-19(4)11(13)3)16-17-14(20)15-8-12-6-5-7-21-12/h12H,5-8H2,1-4H3,(H2,15,17,20)/t12-/m1/s1. The molecule has 21 heavy (non-hydrogen) atoms. The molecule has 2 rings (SSSR count). The second-order valence-electron chi connectivity index (χ2n) is 5.32. The number of nitrogens with one attached hydrogen (secondary N) is 2. The molecule has 0 aliphatic carbocycles. The van der Waals surface area contributed by atoms with E-state index in [1.165, 1.54) is 0 Å². The number of nitrogens with zero attached hydrogens (tertiary/aromatic N) is 3. The maximum absolute atomic E-state index is 11.7. The first kappa shape index (κ1) is 15.5. The number of hydrogen-bond acceptors (Lipinski definition) is 4. The lowest BCUT2D eigenvalue weighted by molar-refractivity contribution is 0.111. The third-order valence-corrected chi connectivity index (χ3v) is 3.71. The lowest BCUT2D eigenvalue weighted by Gasteiger charge is -2.10. The van der Waals surface area contributed by atoms with Crippen molar-refractivity contribution in [3.05, 3.63) is 17.0 Å². The number of urea groups is 1. The molecule has 0 saturated carbocycles. The summed E-state index contributed by atoms with van der Waals surface area (Å²) >= 11 is 0. The third kappa shape index (κ3) is 3.81. The van der Waals surface area contributed by atoms with Crippen LogP contribution in [0.3, 0.4) is 0 Å². The van der Waals surface area contributed by atoms with Crippen molar-refractivity contribution in [2.45, 2.75) is 39.7 Å². The van der Waals surface area contributed by atoms with E-state index >= 15 is 0 Å². The largest absolute Gasteiger partial charge is 0.376 e. The number of hydrogen-bond donors (Lipinski definition) is 2. The molecule has 7 nitrogen and oxygen atoms in total. The van der Waals surface area contributed by atoms with Crippen LogP contribution in [0.4, 0.5) is 4.79 Å². The van der Waals surface area contributed by atoms with Gasteiger partial charge in [0.05, 0.1) is 17.5 Å². The first-order valence-corrected chi connectivity index (χ1v) is 7.19. The highest BCUT2D eigenvalue weighted by atomic mass is 16.5. The van der Waals surface area contributed by atoms with Gasteiger partial charge >= 0.3 is 6.03 Å². The quantitative estimate of drug-likeness (QED) is 0.647. The predicted molar refractivity (Wildman–Crippen MR) is 80.4 cm³/mol. The number of hydrazone groups is 1. The van der Waals surface area contributed by atoms with Gasteiger partial charge in [0.1, 0.15) is 0 Å². The Labute approximate surface area is 124 Å². The minimum absolute atomic E-state index is 0.128. The summed E-state index contributed by atoms with van der Waals surface area (Å²) in [4.78, 5) is 11.7. The number of carbonyl (C=O) groups is 1. The molecule has 1 aliphatic heterocycles. The van der Waals surface area contributed by atoms with Crippen molar-refractivity contribution in [2.75, 3.05) is 13.2 Å². The van der Waals surface area contributed by atoms with Crippen molar-refractivity contribution < 1.29 is 9.53 Å². The van der Waals surface area contributed by atoms with Gasteiger partial charge in [-0.05, 0) is 33.6 Å². The molecule has 0 bridgehead atoms. The lowest BCUT2D eigenvalue weighted by Crippen LogP contribution is -2.37. The number of carbonyl (C=O) groups excluding carboxylic acids is 1. The average molecular weight is 293 g/mol. The second kappa shape index (κ2) is 6.71. The topological polar surface area (TPSA) is 80.5 Å². The van der Waals surface area contributed by atoms with Crippen LogP contribution < -0.4 is 10.7 Å². The summed E-state index contributed by atoms with van der Waals surface area (Å²) in [6, 6.07) is -0.316. The molecule has 1 fully saturated rings. The summed E-state index contributed by atoms with van der Waals surface area (Å²) in [5, 5.41) is 11.2. The van der Waals surface area contributed by atoms with E-state index in [2.05, 4.69) is 20.9 Å². The minimum atomic E-state index is -0.316. The lowest BCUT2D eigenvalue weighted by atomic mass is 10.1. The van der Waals surface area contributed by atoms with Gasteiger partial charge in [0, 0.05) is 31.5 Å². The zero-order chi connectivity index (χ0) is 15.4. The normalized spacial score (nSPS) is 18.9. The zero-order valence-electron chi connectivity index (χ0n) is 13.1. The predicted octanol–water partition coefficient (Wildman–Crippen LogP) is 1.24. The van der Waals surface area contributed by atoms with E-state index in [0.717, 1.165) is 42.1 Å². The molecule has 0 aromatic carbocycles. The van der Waals surface area contributed by atoms with Crippen molar-refractivity contribution in [3.63, 3.8) is 0 Å². The molecule has 2 N–H and O–H groups in total. The Bertz CT molecular complexity index is 544. The Morgan fingerprint density at radius 3 is 2.86 bits per heavy atom. The van der Waals surface area contributed by atoms with E-state index in [9.17, 15) is 4.79 Å². The number of ether oxygens (including phenoxy) is 1. The van der Waals surface area contributed by atoms with E-state index in [0.29, 0.717) is 6.54 Å². The van der Waals surface area contributed by atoms with Gasteiger partial charge in [-0.2, -0.15) is 10.2 Å². The van der Waals surface area contributed by atoms with Crippen LogP contribution >= 0.6 is 0 Å². The monoisotopic (exact) mass is 293 g/mol. The van der Waals surface area contributed by atoms with Crippen molar-refractivity contribution in [2.24, 2.45) is 12.1 Å². The molecule has 0 unspecified atom stereocenters. The van der Waals surface area contributed by atoms with Crippen LogP contribution in [0.25, 0.3) is 0 Å². The number of aryl methyl sites for hydroxylation is 2. The first-order chi connectivity index (χ1) is 9.99. The zero-order valence-corrected chi connectivity index (χ0v) is 13.1. The Hall–Kier alpha value is -1.89. The Kier molecular flexibility index (Phi) is 4.95. The van der Waals surface area contributed by atoms with Gasteiger partial charge in [0.25, 0.3) is 0 Å². The smallest absolute Gasteiger partial charge is 0.335 e. The van der Waals surface area contributed by atoms with Crippen LogP contribution in [0.15, 0.2) is 5.10 Å². The Balaban J connectivity index is 1.88. The maximum atomic E-state index is 11.7. The van der Waals surface area contributed by atoms with Crippen LogP contribution in [-0.2, 0) is 11.8 Å². The van der Waals surface area contributed by atoms with Crippen LogP contribution in [0, 0.1) is 13.8 Å². The number of amides is 2. The number of rotatable bonds is 4. The van der Waals surface area contributed by atoms with Gasteiger partial charge in [0.2, 0.25) is 0 Å². The van der Waals surface area contributed by atoms with Crippen LogP contribution in [0.2, 0.25) is 0 Å². The molecule has 2 amide bonds. The van der Waals surface area contributed by atoms with Crippen molar-refractivity contribution in [1.29, 1.82) is 0 Å². The SMILES string of the molecule is CC(=NNC(=O)NC[C@H]1CCCO1)c1c(C)nn(C)c1C. The maximum Gasteiger partial charge on any atom is 0.335 e. The molecule has 7 heteroatoms. The van der Waals surface area contributed by atoms with Gasteiger partial charge in [-0.1, -0.05) is 0 Å². The van der Waals surface area contributed by atoms with E-state index in [1.807, 2.05) is 27.8 Å². The fraction of sp³-hybridized carbons (Fsp3) is 0.643. The molecule has 1 aromatic rings. The minimum Gasteiger partial charge on any atom is -0.376 e. The summed E-state index contributed by atoms with van der Waals surface area (Å²) < 4.78 is 7.25. The van der Waals surface area contributed by atoms with Gasteiger partial charge < -0.3 is 10.1 Å². The molecular formula is C14H23N5O2. The second-order valence-corrected chi connectivity index (χ2v) is 5.32. The first-order valence-electron chi connectivity index (χ1n) is 7.19. The molecular weight excluding hydrogens is 270 g/mol. The fourth-order valence-corrected chi connectivity index (χ4v) is 2.54. The Morgan fingerprint density at radius 1 is 1.52 bits per heavy atom. The van der Waals surface area contributed by atoms with Crippen LogP contribution in [-0.4, -0.2) is 40.8 Å². The van der Waals surface area contributed by atoms with E-state index in [1.54, 1.807) is 4.68 Å². The number of aromatic nitrogens is 2. The van der Waals surface area contributed by atoms with Gasteiger partial charge in [-0.25, -0.2) is 10.2 Å². The van der Waals surface area contributed by atoms with Crippen LogP contribution in [0.5, 0.6) is 0 Å². The summed E-state index contributed by atoms with van der Waals surface area (Å²) in [6.07, 6.45) is 2.19. The van der Waals surface area contributed by atoms with Crippen molar-refractivity contribution >= 4 is 11.7 Å². The fourth-order valence-electron chi connectivity index (χ4n) is 2.54. The molecule has 0 radical (unpaired) electrons. The van der Waals surface area contributed by atoms with Gasteiger partial charge in [-0.3, -0.25) is 4.68 Å². The van der Waals surface area contributed by atoms with Crippen molar-refractivity contribution in [1.82, 2.24) is 20.5 Å². The molecule has 1 aromatic heterocycles. The highest BCUT2D eigenvalue weighted by Crippen LogP contribution is 2.13.